The van der Waals surface area contributed by atoms with Gasteiger partial charge in [-0.1, -0.05) is 43.2 Å². The van der Waals surface area contributed by atoms with E-state index in [2.05, 4.69) is 10.2 Å². The minimum atomic E-state index is -0.0102. The molecular formula is C23H29N3O2. The number of hydrogen-bond donors (Lipinski definition) is 1. The second-order valence-corrected chi connectivity index (χ2v) is 7.69. The molecule has 5 nitrogen and oxygen atoms in total. The lowest BCUT2D eigenvalue weighted by atomic mass is 10.2. The van der Waals surface area contributed by atoms with Crippen LogP contribution in [0.3, 0.4) is 0 Å². The predicted octanol–water partition coefficient (Wildman–Crippen LogP) is 4.36. The second kappa shape index (κ2) is 9.11. The van der Waals surface area contributed by atoms with E-state index in [0.29, 0.717) is 6.61 Å². The minimum Gasteiger partial charge on any atom is -0.489 e. The van der Waals surface area contributed by atoms with Crippen LogP contribution < -0.4 is 10.1 Å². The van der Waals surface area contributed by atoms with Crippen molar-refractivity contribution in [3.05, 3.63) is 60.2 Å². The summed E-state index contributed by atoms with van der Waals surface area (Å²) in [5, 5.41) is 3.01. The van der Waals surface area contributed by atoms with E-state index in [9.17, 15) is 4.79 Å². The van der Waals surface area contributed by atoms with Crippen LogP contribution in [0.4, 0.5) is 10.5 Å². The smallest absolute Gasteiger partial charge is 0.321 e. The molecule has 5 heteroatoms. The Bertz CT molecular complexity index is 749. The van der Waals surface area contributed by atoms with Crippen LogP contribution >= 0.6 is 0 Å². The standard InChI is InChI=1S/C23H29N3O2/c27-23(26-16-14-25(15-17-26)21-8-4-5-9-21)24-20-10-12-22(13-11-20)28-18-19-6-2-1-3-7-19/h1-3,6-7,10-13,21H,4-5,8-9,14-18H2,(H,24,27). The van der Waals surface area contributed by atoms with E-state index in [-0.39, 0.29) is 6.03 Å². The fourth-order valence-corrected chi connectivity index (χ4v) is 4.14. The molecular weight excluding hydrogens is 350 g/mol. The predicted molar refractivity (Wildman–Crippen MR) is 112 cm³/mol. The van der Waals surface area contributed by atoms with Gasteiger partial charge in [0.25, 0.3) is 0 Å². The highest BCUT2D eigenvalue weighted by Gasteiger charge is 2.27. The summed E-state index contributed by atoms with van der Waals surface area (Å²) in [5.41, 5.74) is 1.94. The Labute approximate surface area is 167 Å². The van der Waals surface area contributed by atoms with Crippen molar-refractivity contribution in [1.82, 2.24) is 9.80 Å². The quantitative estimate of drug-likeness (QED) is 0.840. The van der Waals surface area contributed by atoms with Crippen LogP contribution in [-0.2, 0) is 6.61 Å². The van der Waals surface area contributed by atoms with Gasteiger partial charge >= 0.3 is 6.03 Å². The van der Waals surface area contributed by atoms with Crippen molar-refractivity contribution in [2.75, 3.05) is 31.5 Å². The number of carbonyl (C=O) groups excluding carboxylic acids is 1. The molecule has 0 unspecified atom stereocenters. The number of nitrogens with zero attached hydrogens (tertiary/aromatic N) is 2. The van der Waals surface area contributed by atoms with Gasteiger partial charge in [0.2, 0.25) is 0 Å². The summed E-state index contributed by atoms with van der Waals surface area (Å²) in [6, 6.07) is 18.4. The SMILES string of the molecule is O=C(Nc1ccc(OCc2ccccc2)cc1)N1CCN(C2CCCC2)CC1. The number of ether oxygens (including phenoxy) is 1. The van der Waals surface area contributed by atoms with Crippen LogP contribution in [0.5, 0.6) is 5.75 Å². The van der Waals surface area contributed by atoms with Crippen LogP contribution in [0.1, 0.15) is 31.2 Å². The molecule has 2 amide bonds. The van der Waals surface area contributed by atoms with Crippen molar-refractivity contribution in [2.24, 2.45) is 0 Å². The van der Waals surface area contributed by atoms with E-state index in [1.165, 1.54) is 25.7 Å². The Morgan fingerprint density at radius 3 is 2.29 bits per heavy atom. The van der Waals surface area contributed by atoms with Gasteiger partial charge in [0, 0.05) is 37.9 Å². The molecule has 0 spiro atoms. The molecule has 2 aromatic carbocycles. The first-order valence-corrected chi connectivity index (χ1v) is 10.3. The summed E-state index contributed by atoms with van der Waals surface area (Å²) in [7, 11) is 0. The molecule has 28 heavy (non-hydrogen) atoms. The number of carbonyl (C=O) groups is 1. The van der Waals surface area contributed by atoms with E-state index in [1.807, 2.05) is 59.5 Å². The van der Waals surface area contributed by atoms with Gasteiger partial charge in [-0.2, -0.15) is 0 Å². The fourth-order valence-electron chi connectivity index (χ4n) is 4.14. The lowest BCUT2D eigenvalue weighted by Gasteiger charge is -2.38. The molecule has 0 radical (unpaired) electrons. The summed E-state index contributed by atoms with van der Waals surface area (Å²) < 4.78 is 5.80. The molecule has 1 saturated carbocycles. The maximum atomic E-state index is 12.6. The van der Waals surface area contributed by atoms with Gasteiger partial charge in [-0.15, -0.1) is 0 Å². The first kappa shape index (κ1) is 18.8. The number of piperazine rings is 1. The summed E-state index contributed by atoms with van der Waals surface area (Å²) in [5.74, 6) is 0.798. The van der Waals surface area contributed by atoms with Crippen LogP contribution in [0, 0.1) is 0 Å². The van der Waals surface area contributed by atoms with Gasteiger partial charge in [-0.25, -0.2) is 4.79 Å². The van der Waals surface area contributed by atoms with Crippen molar-refractivity contribution in [3.63, 3.8) is 0 Å². The van der Waals surface area contributed by atoms with Crippen molar-refractivity contribution in [3.8, 4) is 5.75 Å². The van der Waals surface area contributed by atoms with E-state index >= 15 is 0 Å². The van der Waals surface area contributed by atoms with E-state index in [0.717, 1.165) is 49.2 Å². The van der Waals surface area contributed by atoms with E-state index in [4.69, 9.17) is 4.74 Å². The van der Waals surface area contributed by atoms with E-state index < -0.39 is 0 Å². The number of nitrogens with one attached hydrogen (secondary N) is 1. The van der Waals surface area contributed by atoms with Gasteiger partial charge in [0.05, 0.1) is 0 Å². The molecule has 1 aliphatic heterocycles. The Hall–Kier alpha value is -2.53. The maximum absolute atomic E-state index is 12.6. The zero-order chi connectivity index (χ0) is 19.2. The highest BCUT2D eigenvalue weighted by Crippen LogP contribution is 2.24. The lowest BCUT2D eigenvalue weighted by molar-refractivity contribution is 0.115. The third-order valence-corrected chi connectivity index (χ3v) is 5.80. The first-order chi connectivity index (χ1) is 13.8. The van der Waals surface area contributed by atoms with Crippen molar-refractivity contribution in [2.45, 2.75) is 38.3 Å². The number of benzene rings is 2. The average molecular weight is 380 g/mol. The zero-order valence-corrected chi connectivity index (χ0v) is 16.3. The van der Waals surface area contributed by atoms with Crippen LogP contribution in [0.15, 0.2) is 54.6 Å². The fraction of sp³-hybridized carbons (Fsp3) is 0.435. The molecule has 4 rings (SSSR count). The van der Waals surface area contributed by atoms with Crippen molar-refractivity contribution in [1.29, 1.82) is 0 Å². The maximum Gasteiger partial charge on any atom is 0.321 e. The molecule has 2 aliphatic rings. The third kappa shape index (κ3) is 4.84. The second-order valence-electron chi connectivity index (χ2n) is 7.69. The van der Waals surface area contributed by atoms with Gasteiger partial charge in [0.15, 0.2) is 0 Å². The van der Waals surface area contributed by atoms with Gasteiger partial charge < -0.3 is 15.0 Å². The highest BCUT2D eigenvalue weighted by molar-refractivity contribution is 5.89. The summed E-state index contributed by atoms with van der Waals surface area (Å²) in [4.78, 5) is 17.0. The molecule has 0 aromatic heterocycles. The third-order valence-electron chi connectivity index (χ3n) is 5.80. The topological polar surface area (TPSA) is 44.8 Å². The molecule has 0 atom stereocenters. The van der Waals surface area contributed by atoms with Gasteiger partial charge in [0.1, 0.15) is 12.4 Å². The van der Waals surface area contributed by atoms with Crippen LogP contribution in [0.25, 0.3) is 0 Å². The normalized spacial score (nSPS) is 18.2. The average Bonchev–Trinajstić information content (AvgIpc) is 3.29. The lowest BCUT2D eigenvalue weighted by Crippen LogP contribution is -2.52. The largest absolute Gasteiger partial charge is 0.489 e. The first-order valence-electron chi connectivity index (χ1n) is 10.3. The molecule has 2 aromatic rings. The summed E-state index contributed by atoms with van der Waals surface area (Å²) in [6.07, 6.45) is 5.36. The number of amides is 2. The van der Waals surface area contributed by atoms with Crippen molar-refractivity contribution < 1.29 is 9.53 Å². The van der Waals surface area contributed by atoms with Crippen LogP contribution in [-0.4, -0.2) is 48.1 Å². The zero-order valence-electron chi connectivity index (χ0n) is 16.3. The minimum absolute atomic E-state index is 0.0102. The Morgan fingerprint density at radius 1 is 0.929 bits per heavy atom. The Kier molecular flexibility index (Phi) is 6.12. The molecule has 1 aliphatic carbocycles. The van der Waals surface area contributed by atoms with Gasteiger partial charge in [-0.05, 0) is 42.7 Å². The molecule has 1 heterocycles. The number of hydrogen-bond acceptors (Lipinski definition) is 3. The number of rotatable bonds is 5. The van der Waals surface area contributed by atoms with E-state index in [1.54, 1.807) is 0 Å². The molecule has 2 fully saturated rings. The molecule has 1 saturated heterocycles. The molecule has 148 valence electrons. The van der Waals surface area contributed by atoms with Crippen molar-refractivity contribution >= 4 is 11.7 Å². The Morgan fingerprint density at radius 2 is 1.61 bits per heavy atom. The highest BCUT2D eigenvalue weighted by atomic mass is 16.5. The van der Waals surface area contributed by atoms with Crippen LogP contribution in [0.2, 0.25) is 0 Å². The summed E-state index contributed by atoms with van der Waals surface area (Å²) in [6.45, 7) is 4.13. The number of anilines is 1. The summed E-state index contributed by atoms with van der Waals surface area (Å²) >= 11 is 0. The molecule has 0 bridgehead atoms. The molecule has 1 N–H and O–H groups in total. The number of urea groups is 1. The Balaban J connectivity index is 1.23. The van der Waals surface area contributed by atoms with Gasteiger partial charge in [-0.3, -0.25) is 4.90 Å². The monoisotopic (exact) mass is 379 g/mol.